The minimum atomic E-state index is -1.57. The van der Waals surface area contributed by atoms with Crippen LogP contribution < -0.4 is 0 Å². The Kier molecular flexibility index (Phi) is 6.04. The summed E-state index contributed by atoms with van der Waals surface area (Å²) in [6.45, 7) is 12.5. The lowest BCUT2D eigenvalue weighted by Crippen LogP contribution is -2.25. The van der Waals surface area contributed by atoms with E-state index < -0.39 is 8.32 Å². The second kappa shape index (κ2) is 6.48. The van der Waals surface area contributed by atoms with Crippen LogP contribution in [0.3, 0.4) is 0 Å². The molecule has 14 heavy (non-hydrogen) atoms. The van der Waals surface area contributed by atoms with Crippen LogP contribution in [0.4, 0.5) is 0 Å². The van der Waals surface area contributed by atoms with Crippen LogP contribution in [0.1, 0.15) is 6.92 Å². The van der Waals surface area contributed by atoms with Gasteiger partial charge in [0.1, 0.15) is 0 Å². The summed E-state index contributed by atoms with van der Waals surface area (Å²) in [6.07, 6.45) is 7.24. The predicted octanol–water partition coefficient (Wildman–Crippen LogP) is 3.46. The van der Waals surface area contributed by atoms with Gasteiger partial charge in [0.05, 0.1) is 6.61 Å². The maximum absolute atomic E-state index is 5.72. The van der Waals surface area contributed by atoms with E-state index in [9.17, 15) is 0 Å². The molecule has 80 valence electrons. The molecule has 0 amide bonds. The molecule has 0 radical (unpaired) electrons. The van der Waals surface area contributed by atoms with Crippen molar-refractivity contribution < 1.29 is 9.16 Å². The summed E-state index contributed by atoms with van der Waals surface area (Å²) in [5.74, 6) is 0.602. The molecule has 0 atom stereocenters. The van der Waals surface area contributed by atoms with Crippen LogP contribution in [0.5, 0.6) is 0 Å². The first kappa shape index (κ1) is 13.0. The van der Waals surface area contributed by atoms with Crippen molar-refractivity contribution in [3.8, 4) is 0 Å². The molecular weight excluding hydrogens is 192 g/mol. The minimum Gasteiger partial charge on any atom is -0.520 e. The lowest BCUT2D eigenvalue weighted by Gasteiger charge is -2.20. The molecule has 0 saturated heterocycles. The van der Waals surface area contributed by atoms with Crippen LogP contribution in [0.15, 0.2) is 36.8 Å². The highest BCUT2D eigenvalue weighted by Gasteiger charge is 2.17. The molecule has 2 nitrogen and oxygen atoms in total. The molecule has 0 aromatic carbocycles. The smallest absolute Gasteiger partial charge is 0.265 e. The topological polar surface area (TPSA) is 18.5 Å². The monoisotopic (exact) mass is 212 g/mol. The summed E-state index contributed by atoms with van der Waals surface area (Å²) >= 11 is 0. The third kappa shape index (κ3) is 7.67. The Morgan fingerprint density at radius 2 is 1.93 bits per heavy atom. The highest BCUT2D eigenvalue weighted by molar-refractivity contribution is 6.69. The molecule has 3 heteroatoms. The number of hydrogen-bond donors (Lipinski definition) is 0. The second-order valence-corrected chi connectivity index (χ2v) is 8.18. The normalized spacial score (nSPS) is 13.0. The van der Waals surface area contributed by atoms with Crippen molar-refractivity contribution in [3.05, 3.63) is 36.8 Å². The molecule has 0 aliphatic carbocycles. The maximum Gasteiger partial charge on any atom is 0.265 e. The van der Waals surface area contributed by atoms with Gasteiger partial charge in [0, 0.05) is 6.08 Å². The number of ether oxygens (including phenoxy) is 1. The largest absolute Gasteiger partial charge is 0.520 e. The molecule has 0 aliphatic heterocycles. The van der Waals surface area contributed by atoms with E-state index in [0.29, 0.717) is 12.6 Å². The molecule has 0 spiro atoms. The predicted molar refractivity (Wildman–Crippen MR) is 63.5 cm³/mol. The summed E-state index contributed by atoms with van der Waals surface area (Å²) in [6, 6.07) is 0. The van der Waals surface area contributed by atoms with E-state index in [1.165, 1.54) is 0 Å². The molecular formula is C11H20O2Si. The van der Waals surface area contributed by atoms with Gasteiger partial charge in [-0.3, -0.25) is 0 Å². The molecule has 0 unspecified atom stereocenters. The summed E-state index contributed by atoms with van der Waals surface area (Å²) in [5.41, 5.74) is 0. The first-order valence-corrected chi connectivity index (χ1v) is 8.21. The quantitative estimate of drug-likeness (QED) is 0.381. The lowest BCUT2D eigenvalue weighted by molar-refractivity contribution is 0.112. The van der Waals surface area contributed by atoms with E-state index in [0.717, 1.165) is 0 Å². The lowest BCUT2D eigenvalue weighted by atomic mass is 10.5. The van der Waals surface area contributed by atoms with E-state index in [-0.39, 0.29) is 0 Å². The van der Waals surface area contributed by atoms with Crippen molar-refractivity contribution in [2.45, 2.75) is 26.6 Å². The van der Waals surface area contributed by atoms with Crippen LogP contribution in [0.2, 0.25) is 19.6 Å². The SMILES string of the molecule is C=CC=CC=C(OCC)O[Si](C)(C)C. The van der Waals surface area contributed by atoms with Crippen LogP contribution in [-0.4, -0.2) is 14.9 Å². The highest BCUT2D eigenvalue weighted by atomic mass is 28.4. The summed E-state index contributed by atoms with van der Waals surface area (Å²) in [4.78, 5) is 0. The van der Waals surface area contributed by atoms with Gasteiger partial charge in [-0.05, 0) is 26.6 Å². The Bertz CT molecular complexity index is 224. The maximum atomic E-state index is 5.72. The number of hydrogen-bond acceptors (Lipinski definition) is 2. The van der Waals surface area contributed by atoms with Gasteiger partial charge >= 0.3 is 0 Å². The molecule has 0 aromatic heterocycles. The average Bonchev–Trinajstić information content (AvgIpc) is 2.02. The van der Waals surface area contributed by atoms with Crippen LogP contribution in [-0.2, 0) is 9.16 Å². The van der Waals surface area contributed by atoms with E-state index in [1.807, 2.05) is 25.2 Å². The summed E-state index contributed by atoms with van der Waals surface area (Å²) in [5, 5.41) is 0. The molecule has 0 rings (SSSR count). The zero-order valence-electron chi connectivity index (χ0n) is 9.54. The minimum absolute atomic E-state index is 0.602. The Morgan fingerprint density at radius 1 is 1.29 bits per heavy atom. The van der Waals surface area contributed by atoms with Crippen molar-refractivity contribution in [1.82, 2.24) is 0 Å². The van der Waals surface area contributed by atoms with Crippen molar-refractivity contribution in [2.75, 3.05) is 6.61 Å². The van der Waals surface area contributed by atoms with Gasteiger partial charge in [-0.1, -0.05) is 24.8 Å². The summed E-state index contributed by atoms with van der Waals surface area (Å²) < 4.78 is 11.1. The van der Waals surface area contributed by atoms with Gasteiger partial charge in [-0.25, -0.2) is 0 Å². The summed E-state index contributed by atoms with van der Waals surface area (Å²) in [7, 11) is -1.57. The molecule has 0 fully saturated rings. The van der Waals surface area contributed by atoms with Crippen molar-refractivity contribution in [2.24, 2.45) is 0 Å². The number of rotatable bonds is 6. The fourth-order valence-electron chi connectivity index (χ4n) is 0.768. The van der Waals surface area contributed by atoms with E-state index in [2.05, 4.69) is 26.2 Å². The first-order chi connectivity index (χ1) is 6.49. The van der Waals surface area contributed by atoms with Gasteiger partial charge in [0.25, 0.3) is 5.95 Å². The standard InChI is InChI=1S/C11H20O2Si/c1-6-8-9-10-11(12-7-2)13-14(3,4)5/h6,8-10H,1,7H2,2-5H3. The van der Waals surface area contributed by atoms with Crippen LogP contribution >= 0.6 is 0 Å². The second-order valence-electron chi connectivity index (χ2n) is 3.75. The van der Waals surface area contributed by atoms with Gasteiger partial charge in [0.2, 0.25) is 8.32 Å². The van der Waals surface area contributed by atoms with Crippen LogP contribution in [0.25, 0.3) is 0 Å². The number of allylic oxidation sites excluding steroid dienone is 4. The zero-order chi connectivity index (χ0) is 11.0. The fourth-order valence-corrected chi connectivity index (χ4v) is 1.50. The van der Waals surface area contributed by atoms with Gasteiger partial charge in [0.15, 0.2) is 0 Å². The van der Waals surface area contributed by atoms with E-state index >= 15 is 0 Å². The molecule has 0 aliphatic rings. The molecule has 0 heterocycles. The average molecular weight is 212 g/mol. The van der Waals surface area contributed by atoms with Gasteiger partial charge in [-0.2, -0.15) is 0 Å². The van der Waals surface area contributed by atoms with E-state index in [4.69, 9.17) is 9.16 Å². The Morgan fingerprint density at radius 3 is 2.36 bits per heavy atom. The third-order valence-electron chi connectivity index (χ3n) is 1.17. The molecule has 0 bridgehead atoms. The highest BCUT2D eigenvalue weighted by Crippen LogP contribution is 2.11. The molecule has 0 aromatic rings. The zero-order valence-corrected chi connectivity index (χ0v) is 10.5. The van der Waals surface area contributed by atoms with Crippen molar-refractivity contribution in [3.63, 3.8) is 0 Å². The Labute approximate surface area is 88.1 Å². The van der Waals surface area contributed by atoms with Crippen molar-refractivity contribution in [1.29, 1.82) is 0 Å². The van der Waals surface area contributed by atoms with Gasteiger partial charge < -0.3 is 9.16 Å². The van der Waals surface area contributed by atoms with Crippen molar-refractivity contribution >= 4 is 8.32 Å². The van der Waals surface area contributed by atoms with E-state index in [1.54, 1.807) is 6.08 Å². The molecule has 0 saturated carbocycles. The fraction of sp³-hybridized carbons (Fsp3) is 0.455. The molecule has 0 N–H and O–H groups in total. The Hall–Kier alpha value is -0.963. The van der Waals surface area contributed by atoms with Gasteiger partial charge in [-0.15, -0.1) is 0 Å². The third-order valence-corrected chi connectivity index (χ3v) is 1.99. The first-order valence-electron chi connectivity index (χ1n) is 4.81. The van der Waals surface area contributed by atoms with Crippen LogP contribution in [0, 0.1) is 0 Å². The Balaban J connectivity index is 4.35.